The largest absolute Gasteiger partial charge is 0.478 e. The first-order valence-corrected chi connectivity index (χ1v) is 10.9. The molecule has 2 unspecified atom stereocenters. The van der Waals surface area contributed by atoms with Gasteiger partial charge in [0.1, 0.15) is 0 Å². The van der Waals surface area contributed by atoms with Crippen LogP contribution in [0.1, 0.15) is 39.2 Å². The van der Waals surface area contributed by atoms with E-state index in [1.54, 1.807) is 6.08 Å². The van der Waals surface area contributed by atoms with E-state index in [0.29, 0.717) is 24.9 Å². The first kappa shape index (κ1) is 21.9. The number of hydrogen-bond donors (Lipinski definition) is 2. The van der Waals surface area contributed by atoms with E-state index in [4.69, 9.17) is 0 Å². The van der Waals surface area contributed by atoms with E-state index < -0.39 is 21.9 Å². The van der Waals surface area contributed by atoms with Crippen LogP contribution in [0.25, 0.3) is 5.57 Å². The molecule has 1 aromatic carbocycles. The summed E-state index contributed by atoms with van der Waals surface area (Å²) in [6.45, 7) is 6.27. The summed E-state index contributed by atoms with van der Waals surface area (Å²) in [4.78, 5) is 24.9. The number of hydrogen-bond acceptors (Lipinski definition) is 4. The number of rotatable bonds is 4. The highest BCUT2D eigenvalue weighted by atomic mass is 32.2. The monoisotopic (exact) mass is 409 g/mol. The number of carbonyl (C=O) groups is 2. The highest BCUT2D eigenvalue weighted by Gasteiger charge is 2.38. The maximum Gasteiger partial charge on any atom is 0.407 e. The van der Waals surface area contributed by atoms with Crippen LogP contribution in [0.3, 0.4) is 0 Å². The standard InChI is InChI=1S/C20H27NO6S/c1-20(2,3)17-12-13(9-10-21(17)19(24)25)11-16(18(22)23)14-5-7-15(8-6-14)28(4,26)27/h5-8,11,13,17H,9-10,12H2,1-4H3,(H,22,23)(H,24,25). The summed E-state index contributed by atoms with van der Waals surface area (Å²) >= 11 is 0. The van der Waals surface area contributed by atoms with Crippen LogP contribution < -0.4 is 0 Å². The summed E-state index contributed by atoms with van der Waals surface area (Å²) in [7, 11) is -3.36. The van der Waals surface area contributed by atoms with E-state index in [-0.39, 0.29) is 27.8 Å². The van der Waals surface area contributed by atoms with Gasteiger partial charge in [0.25, 0.3) is 0 Å². The molecule has 0 saturated carbocycles. The molecule has 1 aromatic rings. The van der Waals surface area contributed by atoms with Gasteiger partial charge in [0.05, 0.1) is 10.5 Å². The average Bonchev–Trinajstić information content (AvgIpc) is 2.57. The normalized spacial score (nSPS) is 21.4. The lowest BCUT2D eigenvalue weighted by atomic mass is 9.76. The lowest BCUT2D eigenvalue weighted by molar-refractivity contribution is -0.130. The number of likely N-dealkylation sites (tertiary alicyclic amines) is 1. The van der Waals surface area contributed by atoms with Gasteiger partial charge in [0, 0.05) is 18.8 Å². The van der Waals surface area contributed by atoms with E-state index in [2.05, 4.69) is 0 Å². The van der Waals surface area contributed by atoms with Gasteiger partial charge in [0.15, 0.2) is 9.84 Å². The fourth-order valence-electron chi connectivity index (χ4n) is 3.60. The Morgan fingerprint density at radius 3 is 2.14 bits per heavy atom. The number of benzene rings is 1. The second-order valence-electron chi connectivity index (χ2n) is 8.32. The van der Waals surface area contributed by atoms with Crippen molar-refractivity contribution in [2.24, 2.45) is 11.3 Å². The van der Waals surface area contributed by atoms with E-state index >= 15 is 0 Å². The van der Waals surface area contributed by atoms with Gasteiger partial charge in [0.2, 0.25) is 0 Å². The Hall–Kier alpha value is -2.35. The molecule has 0 aromatic heterocycles. The third-order valence-electron chi connectivity index (χ3n) is 5.11. The Labute approximate surface area is 165 Å². The summed E-state index contributed by atoms with van der Waals surface area (Å²) < 4.78 is 23.2. The molecule has 0 aliphatic carbocycles. The minimum absolute atomic E-state index is 0.0829. The molecule has 0 spiro atoms. The molecule has 1 aliphatic heterocycles. The summed E-state index contributed by atoms with van der Waals surface area (Å²) in [6, 6.07) is 5.55. The van der Waals surface area contributed by atoms with Gasteiger partial charge in [-0.1, -0.05) is 39.0 Å². The Bertz CT molecular complexity index is 880. The van der Waals surface area contributed by atoms with Crippen molar-refractivity contribution in [3.8, 4) is 0 Å². The molecule has 2 rings (SSSR count). The predicted octanol–water partition coefficient (Wildman–Crippen LogP) is 3.36. The number of carboxylic acid groups (broad SMARTS) is 2. The van der Waals surface area contributed by atoms with Crippen molar-refractivity contribution in [3.63, 3.8) is 0 Å². The van der Waals surface area contributed by atoms with Crippen molar-refractivity contribution in [1.29, 1.82) is 0 Å². The van der Waals surface area contributed by atoms with Crippen molar-refractivity contribution in [1.82, 2.24) is 4.90 Å². The molecule has 7 nitrogen and oxygen atoms in total. The zero-order valence-electron chi connectivity index (χ0n) is 16.5. The van der Waals surface area contributed by atoms with Gasteiger partial charge in [-0.2, -0.15) is 0 Å². The van der Waals surface area contributed by atoms with Gasteiger partial charge in [-0.3, -0.25) is 0 Å². The van der Waals surface area contributed by atoms with Gasteiger partial charge >= 0.3 is 12.1 Å². The fraction of sp³-hybridized carbons (Fsp3) is 0.500. The fourth-order valence-corrected chi connectivity index (χ4v) is 4.23. The van der Waals surface area contributed by atoms with Crippen LogP contribution in [0.15, 0.2) is 35.2 Å². The summed E-state index contributed by atoms with van der Waals surface area (Å²) in [6.07, 6.45) is 2.89. The molecular weight excluding hydrogens is 382 g/mol. The summed E-state index contributed by atoms with van der Waals surface area (Å²) in [5, 5.41) is 19.1. The zero-order valence-corrected chi connectivity index (χ0v) is 17.4. The topological polar surface area (TPSA) is 112 Å². The zero-order chi connectivity index (χ0) is 21.3. The first-order valence-electron chi connectivity index (χ1n) is 9.06. The average molecular weight is 410 g/mol. The van der Waals surface area contributed by atoms with Crippen LogP contribution >= 0.6 is 0 Å². The number of piperidine rings is 1. The molecule has 1 fully saturated rings. The molecule has 1 saturated heterocycles. The van der Waals surface area contributed by atoms with Crippen LogP contribution in [0, 0.1) is 11.3 Å². The number of sulfone groups is 1. The van der Waals surface area contributed by atoms with Gasteiger partial charge in [-0.15, -0.1) is 0 Å². The van der Waals surface area contributed by atoms with Crippen molar-refractivity contribution in [2.75, 3.05) is 12.8 Å². The van der Waals surface area contributed by atoms with Crippen molar-refractivity contribution < 1.29 is 28.2 Å². The maximum atomic E-state index is 11.8. The number of aliphatic carboxylic acids is 1. The van der Waals surface area contributed by atoms with Gasteiger partial charge in [-0.05, 0) is 41.9 Å². The molecule has 154 valence electrons. The molecular formula is C20H27NO6S. The highest BCUT2D eigenvalue weighted by molar-refractivity contribution is 7.90. The molecule has 1 heterocycles. The van der Waals surface area contributed by atoms with Crippen molar-refractivity contribution >= 4 is 27.5 Å². The van der Waals surface area contributed by atoms with E-state index in [1.165, 1.54) is 29.2 Å². The lowest BCUT2D eigenvalue weighted by Crippen LogP contribution is -2.51. The van der Waals surface area contributed by atoms with Crippen LogP contribution in [0.5, 0.6) is 0 Å². The summed E-state index contributed by atoms with van der Waals surface area (Å²) in [5.74, 6) is -1.18. The Morgan fingerprint density at radius 1 is 1.14 bits per heavy atom. The molecule has 0 radical (unpaired) electrons. The maximum absolute atomic E-state index is 11.8. The smallest absolute Gasteiger partial charge is 0.407 e. The second kappa shape index (κ2) is 7.95. The molecule has 2 atom stereocenters. The third-order valence-corrected chi connectivity index (χ3v) is 6.24. The molecule has 8 heteroatoms. The Morgan fingerprint density at radius 2 is 1.71 bits per heavy atom. The van der Waals surface area contributed by atoms with Crippen LogP contribution in [0.2, 0.25) is 0 Å². The summed E-state index contributed by atoms with van der Waals surface area (Å²) in [5.41, 5.74) is 0.250. The molecule has 2 N–H and O–H groups in total. The molecule has 28 heavy (non-hydrogen) atoms. The lowest BCUT2D eigenvalue weighted by Gasteiger charge is -2.44. The minimum Gasteiger partial charge on any atom is -0.478 e. The van der Waals surface area contributed by atoms with Crippen LogP contribution in [0.4, 0.5) is 4.79 Å². The van der Waals surface area contributed by atoms with Crippen molar-refractivity contribution in [3.05, 3.63) is 35.9 Å². The van der Waals surface area contributed by atoms with Crippen LogP contribution in [-0.4, -0.2) is 54.4 Å². The number of nitrogens with zero attached hydrogens (tertiary/aromatic N) is 1. The molecule has 0 bridgehead atoms. The minimum atomic E-state index is -3.36. The Kier molecular flexibility index (Phi) is 6.23. The third kappa shape index (κ3) is 5.13. The Balaban J connectivity index is 2.34. The van der Waals surface area contributed by atoms with Gasteiger partial charge < -0.3 is 15.1 Å². The predicted molar refractivity (Wildman–Crippen MR) is 106 cm³/mol. The van der Waals surface area contributed by atoms with E-state index in [0.717, 1.165) is 6.26 Å². The van der Waals surface area contributed by atoms with E-state index in [1.807, 2.05) is 20.8 Å². The number of allylic oxidation sites excluding steroid dienone is 1. The quantitative estimate of drug-likeness (QED) is 0.738. The molecule has 1 aliphatic rings. The van der Waals surface area contributed by atoms with Crippen LogP contribution in [-0.2, 0) is 14.6 Å². The first-order chi connectivity index (χ1) is 12.8. The highest BCUT2D eigenvalue weighted by Crippen LogP contribution is 2.36. The SMILES string of the molecule is CC(C)(C)C1CC(C=C(C(=O)O)c2ccc(S(C)(=O)=O)cc2)CCN1C(=O)O. The molecule has 1 amide bonds. The number of amides is 1. The van der Waals surface area contributed by atoms with Crippen molar-refractivity contribution in [2.45, 2.75) is 44.6 Å². The van der Waals surface area contributed by atoms with Gasteiger partial charge in [-0.25, -0.2) is 18.0 Å². The van der Waals surface area contributed by atoms with E-state index in [9.17, 15) is 28.2 Å². The number of carboxylic acids is 1. The second-order valence-corrected chi connectivity index (χ2v) is 10.3.